The van der Waals surface area contributed by atoms with E-state index < -0.39 is 10.1 Å². The van der Waals surface area contributed by atoms with Gasteiger partial charge in [0.05, 0.1) is 36.3 Å². The maximum absolute atomic E-state index is 9.78. The fourth-order valence-corrected chi connectivity index (χ4v) is 3.43. The third kappa shape index (κ3) is 18.4. The Bertz CT molecular complexity index is 335. The predicted molar refractivity (Wildman–Crippen MR) is 108 cm³/mol. The van der Waals surface area contributed by atoms with Crippen molar-refractivity contribution in [2.45, 2.75) is 85.5 Å². The number of nitrogens with zero attached hydrogens (tertiary/aromatic N) is 1. The molecule has 0 unspecified atom stereocenters. The molecule has 0 aliphatic carbocycles. The number of hydrogen-bond acceptors (Lipinski definition) is 4. The highest BCUT2D eigenvalue weighted by atomic mass is 32.2. The summed E-state index contributed by atoms with van der Waals surface area (Å²) in [5.74, 6) is -0.344. The smallest absolute Gasteiger partial charge is 0.0946 e. The molecule has 6 heteroatoms. The molecule has 0 amide bonds. The molecule has 154 valence electrons. The lowest BCUT2D eigenvalue weighted by Gasteiger charge is -2.39. The minimum atomic E-state index is -4.02. The van der Waals surface area contributed by atoms with Gasteiger partial charge < -0.3 is 14.8 Å². The number of quaternary nitrogens is 1. The standard InChI is InChI=1S/C16H36N.C3H9NO3S/c1-5-9-13-17(14-10-6-2,15-11-7-3)16-12-8-4;4-2-1-3-8(5,6)7/h5-16H2,1-4H3;1-4H2,(H,5,6,7)/q+1;/p-1. The summed E-state index contributed by atoms with van der Waals surface area (Å²) in [5, 5.41) is 0. The van der Waals surface area contributed by atoms with Crippen LogP contribution >= 0.6 is 0 Å². The van der Waals surface area contributed by atoms with Crippen LogP contribution in [0.5, 0.6) is 0 Å². The van der Waals surface area contributed by atoms with Crippen LogP contribution in [0.4, 0.5) is 0 Å². The van der Waals surface area contributed by atoms with Crippen molar-refractivity contribution in [3.05, 3.63) is 0 Å². The monoisotopic (exact) mass is 380 g/mol. The summed E-state index contributed by atoms with van der Waals surface area (Å²) in [7, 11) is -4.02. The molecule has 25 heavy (non-hydrogen) atoms. The molecule has 0 aromatic heterocycles. The minimum Gasteiger partial charge on any atom is -0.748 e. The van der Waals surface area contributed by atoms with Gasteiger partial charge in [0.25, 0.3) is 0 Å². The molecule has 0 saturated heterocycles. The predicted octanol–water partition coefficient (Wildman–Crippen LogP) is 3.88. The second-order valence-corrected chi connectivity index (χ2v) is 8.58. The molecular weight excluding hydrogens is 336 g/mol. The highest BCUT2D eigenvalue weighted by molar-refractivity contribution is 7.85. The van der Waals surface area contributed by atoms with Crippen LogP contribution in [0.15, 0.2) is 0 Å². The quantitative estimate of drug-likeness (QED) is 0.345. The van der Waals surface area contributed by atoms with E-state index >= 15 is 0 Å². The Hall–Kier alpha value is -0.170. The van der Waals surface area contributed by atoms with Gasteiger partial charge in [-0.05, 0) is 38.6 Å². The van der Waals surface area contributed by atoms with Crippen molar-refractivity contribution >= 4 is 10.1 Å². The van der Waals surface area contributed by atoms with Crippen molar-refractivity contribution in [2.75, 3.05) is 38.5 Å². The molecule has 0 radical (unpaired) electrons. The summed E-state index contributed by atoms with van der Waals surface area (Å²) >= 11 is 0. The summed E-state index contributed by atoms with van der Waals surface area (Å²) in [6, 6.07) is 0. The molecule has 0 aliphatic heterocycles. The number of rotatable bonds is 15. The molecule has 0 bridgehead atoms. The summed E-state index contributed by atoms with van der Waals surface area (Å²) in [6.07, 6.45) is 11.3. The first-order valence-electron chi connectivity index (χ1n) is 10.3. The third-order valence-corrected chi connectivity index (χ3v) is 5.33. The van der Waals surface area contributed by atoms with E-state index in [1.54, 1.807) is 0 Å². The van der Waals surface area contributed by atoms with Gasteiger partial charge in [-0.3, -0.25) is 0 Å². The topological polar surface area (TPSA) is 83.2 Å². The highest BCUT2D eigenvalue weighted by Gasteiger charge is 2.24. The van der Waals surface area contributed by atoms with Gasteiger partial charge in [-0.15, -0.1) is 0 Å². The number of hydrogen-bond donors (Lipinski definition) is 1. The summed E-state index contributed by atoms with van der Waals surface area (Å²) < 4.78 is 30.8. The first-order chi connectivity index (χ1) is 11.8. The highest BCUT2D eigenvalue weighted by Crippen LogP contribution is 2.16. The van der Waals surface area contributed by atoms with Crippen LogP contribution in [-0.2, 0) is 10.1 Å². The zero-order chi connectivity index (χ0) is 19.6. The lowest BCUT2D eigenvalue weighted by Crippen LogP contribution is -2.50. The SMILES string of the molecule is CCCC[N+](CCCC)(CCCC)CCCC.NCCCS(=O)(=O)[O-]. The molecule has 0 rings (SSSR count). The van der Waals surface area contributed by atoms with E-state index in [1.807, 2.05) is 0 Å². The van der Waals surface area contributed by atoms with E-state index in [-0.39, 0.29) is 18.7 Å². The average Bonchev–Trinajstić information content (AvgIpc) is 2.58. The minimum absolute atomic E-state index is 0.251. The molecule has 0 fully saturated rings. The molecule has 5 nitrogen and oxygen atoms in total. The summed E-state index contributed by atoms with van der Waals surface area (Å²) in [6.45, 7) is 15.3. The van der Waals surface area contributed by atoms with E-state index in [1.165, 1.54) is 82.0 Å². The Balaban J connectivity index is 0. The lowest BCUT2D eigenvalue weighted by atomic mass is 10.1. The van der Waals surface area contributed by atoms with Gasteiger partial charge in [-0.25, -0.2) is 8.42 Å². The summed E-state index contributed by atoms with van der Waals surface area (Å²) in [4.78, 5) is 0. The molecule has 0 atom stereocenters. The van der Waals surface area contributed by atoms with Gasteiger partial charge in [0.2, 0.25) is 0 Å². The van der Waals surface area contributed by atoms with Gasteiger partial charge >= 0.3 is 0 Å². The van der Waals surface area contributed by atoms with Crippen molar-refractivity contribution in [3.63, 3.8) is 0 Å². The number of nitrogens with two attached hydrogens (primary N) is 1. The Morgan fingerprint density at radius 3 is 1.20 bits per heavy atom. The largest absolute Gasteiger partial charge is 0.748 e. The van der Waals surface area contributed by atoms with Crippen LogP contribution in [0.2, 0.25) is 0 Å². The Morgan fingerprint density at radius 1 is 0.720 bits per heavy atom. The zero-order valence-corrected chi connectivity index (χ0v) is 18.1. The van der Waals surface area contributed by atoms with Crippen molar-refractivity contribution < 1.29 is 17.5 Å². The maximum atomic E-state index is 9.78. The Labute approximate surface area is 157 Å². The van der Waals surface area contributed by atoms with Crippen molar-refractivity contribution in [2.24, 2.45) is 5.73 Å². The molecule has 0 aromatic carbocycles. The van der Waals surface area contributed by atoms with Crippen LogP contribution < -0.4 is 5.73 Å². The lowest BCUT2D eigenvalue weighted by molar-refractivity contribution is -0.929. The van der Waals surface area contributed by atoms with Crippen LogP contribution in [0.1, 0.15) is 85.5 Å². The number of unbranched alkanes of at least 4 members (excludes halogenated alkanes) is 4. The average molecular weight is 381 g/mol. The van der Waals surface area contributed by atoms with Crippen molar-refractivity contribution in [1.82, 2.24) is 0 Å². The van der Waals surface area contributed by atoms with Gasteiger partial charge in [-0.1, -0.05) is 53.4 Å². The molecular formula is C19H44N2O3S. The van der Waals surface area contributed by atoms with E-state index in [4.69, 9.17) is 5.73 Å². The molecule has 0 saturated carbocycles. The van der Waals surface area contributed by atoms with Gasteiger partial charge in [0.1, 0.15) is 0 Å². The fourth-order valence-electron chi connectivity index (χ4n) is 2.91. The molecule has 0 spiro atoms. The first kappa shape index (κ1) is 27.1. The van der Waals surface area contributed by atoms with E-state index in [2.05, 4.69) is 27.7 Å². The summed E-state index contributed by atoms with van der Waals surface area (Å²) in [5.41, 5.74) is 4.93. The second-order valence-electron chi connectivity index (χ2n) is 7.05. The Morgan fingerprint density at radius 2 is 1.04 bits per heavy atom. The Kier molecular flexibility index (Phi) is 18.7. The zero-order valence-electron chi connectivity index (χ0n) is 17.3. The van der Waals surface area contributed by atoms with Crippen LogP contribution in [0, 0.1) is 0 Å². The molecule has 2 N–H and O–H groups in total. The second kappa shape index (κ2) is 17.3. The molecule has 0 heterocycles. The first-order valence-corrected chi connectivity index (χ1v) is 11.9. The molecule has 0 aromatic rings. The van der Waals surface area contributed by atoms with Crippen molar-refractivity contribution in [1.29, 1.82) is 0 Å². The van der Waals surface area contributed by atoms with Gasteiger partial charge in [0, 0.05) is 5.75 Å². The van der Waals surface area contributed by atoms with Crippen LogP contribution in [0.3, 0.4) is 0 Å². The molecule has 0 aliphatic rings. The van der Waals surface area contributed by atoms with Crippen LogP contribution in [-0.4, -0.2) is 55.9 Å². The fraction of sp³-hybridized carbons (Fsp3) is 1.00. The van der Waals surface area contributed by atoms with Gasteiger partial charge in [-0.2, -0.15) is 0 Å². The normalized spacial score (nSPS) is 11.9. The maximum Gasteiger partial charge on any atom is 0.0946 e. The van der Waals surface area contributed by atoms with E-state index in [0.717, 1.165) is 0 Å². The van der Waals surface area contributed by atoms with Crippen molar-refractivity contribution in [3.8, 4) is 0 Å². The van der Waals surface area contributed by atoms with Gasteiger partial charge in [0.15, 0.2) is 0 Å². The van der Waals surface area contributed by atoms with E-state index in [0.29, 0.717) is 0 Å². The van der Waals surface area contributed by atoms with Crippen LogP contribution in [0.25, 0.3) is 0 Å². The third-order valence-electron chi connectivity index (χ3n) is 4.54. The van der Waals surface area contributed by atoms with E-state index in [9.17, 15) is 13.0 Å².